The van der Waals surface area contributed by atoms with E-state index in [0.29, 0.717) is 16.6 Å². The summed E-state index contributed by atoms with van der Waals surface area (Å²) >= 11 is 12.4. The second-order valence-electron chi connectivity index (χ2n) is 9.75. The minimum Gasteiger partial charge on any atom is -0.479 e. The second kappa shape index (κ2) is 9.51. The van der Waals surface area contributed by atoms with Crippen molar-refractivity contribution in [3.05, 3.63) is 51.0 Å². The average molecular weight is 467 g/mol. The second-order valence-corrected chi connectivity index (χ2v) is 10.6. The number of carboxylic acid groups (broad SMARTS) is 1. The standard InChI is InChI=1S/C24H32Cl2N2O3/c1-14(2)22-27-18-8-6-7-9-19(31-21(23(29)30)24(3,4)5)20(18)28(22)13-15-10-11-16(25)17(26)12-15/h10-12,14,19,21H,6-9,13H2,1-5H3,(H,29,30). The summed E-state index contributed by atoms with van der Waals surface area (Å²) < 4.78 is 8.54. The largest absolute Gasteiger partial charge is 0.479 e. The number of halogens is 2. The van der Waals surface area contributed by atoms with Gasteiger partial charge in [-0.2, -0.15) is 0 Å². The fourth-order valence-electron chi connectivity index (χ4n) is 4.19. The summed E-state index contributed by atoms with van der Waals surface area (Å²) in [6.45, 7) is 10.5. The van der Waals surface area contributed by atoms with E-state index in [2.05, 4.69) is 18.4 Å². The molecule has 0 fully saturated rings. The summed E-state index contributed by atoms with van der Waals surface area (Å²) in [5, 5.41) is 10.9. The van der Waals surface area contributed by atoms with Gasteiger partial charge in [-0.25, -0.2) is 9.78 Å². The Kier molecular flexibility index (Phi) is 7.39. The number of fused-ring (bicyclic) bond motifs is 1. The highest BCUT2D eigenvalue weighted by atomic mass is 35.5. The van der Waals surface area contributed by atoms with Gasteiger partial charge in [-0.3, -0.25) is 0 Å². The third kappa shape index (κ3) is 5.44. The molecule has 2 atom stereocenters. The molecule has 1 heterocycles. The number of benzene rings is 1. The van der Waals surface area contributed by atoms with Crippen molar-refractivity contribution in [3.63, 3.8) is 0 Å². The van der Waals surface area contributed by atoms with Crippen LogP contribution in [0.4, 0.5) is 0 Å². The molecule has 1 aliphatic rings. The topological polar surface area (TPSA) is 64.4 Å². The lowest BCUT2D eigenvalue weighted by Gasteiger charge is -2.31. The molecular weight excluding hydrogens is 435 g/mol. The molecule has 1 aromatic heterocycles. The van der Waals surface area contributed by atoms with Crippen molar-refractivity contribution >= 4 is 29.2 Å². The molecule has 0 spiro atoms. The number of carbonyl (C=O) groups is 1. The van der Waals surface area contributed by atoms with Crippen LogP contribution in [0, 0.1) is 5.41 Å². The Morgan fingerprint density at radius 3 is 2.55 bits per heavy atom. The lowest BCUT2D eigenvalue weighted by molar-refractivity contribution is -0.165. The van der Waals surface area contributed by atoms with Crippen molar-refractivity contribution in [1.82, 2.24) is 9.55 Å². The first kappa shape index (κ1) is 24.1. The Balaban J connectivity index is 2.08. The van der Waals surface area contributed by atoms with E-state index in [4.69, 9.17) is 32.9 Å². The van der Waals surface area contributed by atoms with Crippen LogP contribution in [-0.4, -0.2) is 26.7 Å². The van der Waals surface area contributed by atoms with E-state index in [9.17, 15) is 9.90 Å². The monoisotopic (exact) mass is 466 g/mol. The highest BCUT2D eigenvalue weighted by molar-refractivity contribution is 6.42. The molecule has 170 valence electrons. The molecule has 0 saturated carbocycles. The van der Waals surface area contributed by atoms with E-state index in [1.165, 1.54) is 0 Å². The van der Waals surface area contributed by atoms with Gasteiger partial charge in [-0.1, -0.05) is 70.3 Å². The number of aromatic nitrogens is 2. The van der Waals surface area contributed by atoms with Crippen LogP contribution in [-0.2, 0) is 22.5 Å². The SMILES string of the molecule is CC(C)c1nc2c(n1Cc1ccc(Cl)c(Cl)c1)C(OC(C(=O)O)C(C)(C)C)CCCC2. The van der Waals surface area contributed by atoms with Gasteiger partial charge >= 0.3 is 5.97 Å². The number of nitrogens with zero attached hydrogens (tertiary/aromatic N) is 2. The molecule has 0 aliphatic heterocycles. The summed E-state index contributed by atoms with van der Waals surface area (Å²) in [7, 11) is 0. The molecule has 0 saturated heterocycles. The molecular formula is C24H32Cl2N2O3. The first-order valence-electron chi connectivity index (χ1n) is 10.9. The molecule has 1 aliphatic carbocycles. The van der Waals surface area contributed by atoms with E-state index in [0.717, 1.165) is 48.5 Å². The molecule has 3 rings (SSSR count). The minimum absolute atomic E-state index is 0.216. The lowest BCUT2D eigenvalue weighted by Crippen LogP contribution is -2.38. The quantitative estimate of drug-likeness (QED) is 0.484. The van der Waals surface area contributed by atoms with Crippen molar-refractivity contribution < 1.29 is 14.6 Å². The highest BCUT2D eigenvalue weighted by Crippen LogP contribution is 2.38. The minimum atomic E-state index is -0.932. The summed E-state index contributed by atoms with van der Waals surface area (Å²) in [5.41, 5.74) is 2.52. The Hall–Kier alpha value is -1.56. The summed E-state index contributed by atoms with van der Waals surface area (Å²) in [4.78, 5) is 17.0. The Labute approximate surface area is 194 Å². The Morgan fingerprint density at radius 1 is 1.26 bits per heavy atom. The average Bonchev–Trinajstić information content (AvgIpc) is 2.89. The van der Waals surface area contributed by atoms with Gasteiger partial charge in [0.15, 0.2) is 6.10 Å². The highest BCUT2D eigenvalue weighted by Gasteiger charge is 2.37. The lowest BCUT2D eigenvalue weighted by atomic mass is 9.88. The van der Waals surface area contributed by atoms with Gasteiger partial charge < -0.3 is 14.4 Å². The van der Waals surface area contributed by atoms with E-state index in [1.807, 2.05) is 32.9 Å². The summed E-state index contributed by atoms with van der Waals surface area (Å²) in [5.74, 6) is 0.264. The fraction of sp³-hybridized carbons (Fsp3) is 0.583. The predicted octanol–water partition coefficient (Wildman–Crippen LogP) is 6.65. The number of carboxylic acids is 1. The Bertz CT molecular complexity index is 947. The first-order valence-corrected chi connectivity index (χ1v) is 11.7. The molecule has 1 aromatic carbocycles. The molecule has 31 heavy (non-hydrogen) atoms. The number of aliphatic carboxylic acids is 1. The maximum Gasteiger partial charge on any atom is 0.333 e. The number of rotatable bonds is 6. The number of hydrogen-bond acceptors (Lipinski definition) is 3. The molecule has 2 aromatic rings. The van der Waals surface area contributed by atoms with E-state index in [-0.39, 0.29) is 12.0 Å². The molecule has 2 unspecified atom stereocenters. The van der Waals surface area contributed by atoms with Crippen LogP contribution in [0.2, 0.25) is 10.0 Å². The predicted molar refractivity (Wildman–Crippen MR) is 124 cm³/mol. The van der Waals surface area contributed by atoms with Gasteiger partial charge in [0.05, 0.1) is 21.4 Å². The zero-order valence-corrected chi connectivity index (χ0v) is 20.4. The maximum atomic E-state index is 12.0. The van der Waals surface area contributed by atoms with Gasteiger partial charge in [0, 0.05) is 12.5 Å². The number of imidazole rings is 1. The van der Waals surface area contributed by atoms with Crippen molar-refractivity contribution in [2.24, 2.45) is 5.41 Å². The van der Waals surface area contributed by atoms with Gasteiger partial charge in [0.2, 0.25) is 0 Å². The van der Waals surface area contributed by atoms with Crippen molar-refractivity contribution in [2.75, 3.05) is 0 Å². The molecule has 0 amide bonds. The third-order valence-corrected chi connectivity index (χ3v) is 6.44. The molecule has 0 bridgehead atoms. The molecule has 5 nitrogen and oxygen atoms in total. The molecule has 0 radical (unpaired) electrons. The molecule has 7 heteroatoms. The van der Waals surface area contributed by atoms with Crippen LogP contribution in [0.5, 0.6) is 0 Å². The van der Waals surface area contributed by atoms with Crippen molar-refractivity contribution in [1.29, 1.82) is 0 Å². The van der Waals surface area contributed by atoms with Gasteiger partial charge in [0.25, 0.3) is 0 Å². The number of hydrogen-bond donors (Lipinski definition) is 1. The number of ether oxygens (including phenoxy) is 1. The van der Waals surface area contributed by atoms with Crippen LogP contribution >= 0.6 is 23.2 Å². The number of aryl methyl sites for hydroxylation is 1. The normalized spacial score (nSPS) is 18.0. The third-order valence-electron chi connectivity index (χ3n) is 5.70. The van der Waals surface area contributed by atoms with E-state index in [1.54, 1.807) is 6.07 Å². The van der Waals surface area contributed by atoms with E-state index < -0.39 is 17.5 Å². The smallest absolute Gasteiger partial charge is 0.333 e. The van der Waals surface area contributed by atoms with Crippen LogP contribution in [0.15, 0.2) is 18.2 Å². The summed E-state index contributed by atoms with van der Waals surface area (Å²) in [6, 6.07) is 5.65. The van der Waals surface area contributed by atoms with Gasteiger partial charge in [-0.15, -0.1) is 0 Å². The van der Waals surface area contributed by atoms with E-state index >= 15 is 0 Å². The maximum absolute atomic E-state index is 12.0. The summed E-state index contributed by atoms with van der Waals surface area (Å²) in [6.07, 6.45) is 2.41. The van der Waals surface area contributed by atoms with Crippen LogP contribution < -0.4 is 0 Å². The Morgan fingerprint density at radius 2 is 1.97 bits per heavy atom. The van der Waals surface area contributed by atoms with Gasteiger partial charge in [-0.05, 0) is 42.4 Å². The van der Waals surface area contributed by atoms with Crippen LogP contribution in [0.3, 0.4) is 0 Å². The zero-order valence-electron chi connectivity index (χ0n) is 18.9. The van der Waals surface area contributed by atoms with Crippen LogP contribution in [0.1, 0.15) is 88.7 Å². The van der Waals surface area contributed by atoms with Gasteiger partial charge in [0.1, 0.15) is 11.9 Å². The van der Waals surface area contributed by atoms with Crippen LogP contribution in [0.25, 0.3) is 0 Å². The fourth-order valence-corrected chi connectivity index (χ4v) is 4.52. The van der Waals surface area contributed by atoms with Crippen molar-refractivity contribution in [2.45, 2.75) is 85.0 Å². The first-order chi connectivity index (χ1) is 14.5. The zero-order chi connectivity index (χ0) is 22.9. The van der Waals surface area contributed by atoms with Crippen molar-refractivity contribution in [3.8, 4) is 0 Å². The molecule has 1 N–H and O–H groups in total.